The Kier molecular flexibility index (Phi) is 3.80. The number of hydrogen-bond donors (Lipinski definition) is 1. The van der Waals surface area contributed by atoms with Crippen LogP contribution in [0.3, 0.4) is 0 Å². The Balaban J connectivity index is 1.95. The van der Waals surface area contributed by atoms with Crippen LogP contribution in [0.1, 0.15) is 24.7 Å². The Labute approximate surface area is 129 Å². The number of aryl methyl sites for hydroxylation is 1. The fourth-order valence-corrected chi connectivity index (χ4v) is 4.73. The summed E-state index contributed by atoms with van der Waals surface area (Å²) in [5.41, 5.74) is 0. The van der Waals surface area contributed by atoms with Crippen LogP contribution in [0.5, 0.6) is 0 Å². The number of nitrogens with zero attached hydrogens (tertiary/aromatic N) is 3. The van der Waals surface area contributed by atoms with Gasteiger partial charge in [-0.1, -0.05) is 6.07 Å². The zero-order valence-electron chi connectivity index (χ0n) is 10.8. The van der Waals surface area contributed by atoms with E-state index in [1.54, 1.807) is 4.68 Å². The van der Waals surface area contributed by atoms with Crippen LogP contribution < -0.4 is 4.72 Å². The minimum absolute atomic E-state index is 0.187. The molecule has 1 atom stereocenters. The first-order chi connectivity index (χ1) is 9.99. The molecule has 2 aromatic rings. The van der Waals surface area contributed by atoms with Gasteiger partial charge in [0.1, 0.15) is 22.9 Å². The van der Waals surface area contributed by atoms with Crippen molar-refractivity contribution in [3.05, 3.63) is 40.6 Å². The highest BCUT2D eigenvalue weighted by Crippen LogP contribution is 2.28. The van der Waals surface area contributed by atoms with Crippen molar-refractivity contribution in [3.63, 3.8) is 0 Å². The summed E-state index contributed by atoms with van der Waals surface area (Å²) < 4.78 is 43.1. The summed E-state index contributed by atoms with van der Waals surface area (Å²) in [6.07, 6.45) is 2.77. The van der Waals surface area contributed by atoms with Crippen molar-refractivity contribution in [1.82, 2.24) is 19.5 Å². The number of rotatable bonds is 3. The lowest BCUT2D eigenvalue weighted by molar-refractivity contribution is 0.399. The van der Waals surface area contributed by atoms with Gasteiger partial charge in [-0.3, -0.25) is 0 Å². The Bertz CT molecular complexity index is 757. The normalized spacial score (nSPS) is 18.5. The van der Waals surface area contributed by atoms with Gasteiger partial charge in [0.25, 0.3) is 0 Å². The number of sulfonamides is 1. The standard InChI is InChI=1S/C12H12BrFN4O2S/c13-8-3-1-4-9(14)11(8)21(19,20)17-10-5-2-6-18-12(10)15-7-16-18/h1,3-4,7,10,17H,2,5-6H2. The average molecular weight is 375 g/mol. The minimum atomic E-state index is -3.99. The van der Waals surface area contributed by atoms with Gasteiger partial charge < -0.3 is 0 Å². The van der Waals surface area contributed by atoms with Crippen molar-refractivity contribution < 1.29 is 12.8 Å². The molecule has 1 N–H and O–H groups in total. The van der Waals surface area contributed by atoms with Crippen LogP contribution in [0.25, 0.3) is 0 Å². The number of benzene rings is 1. The van der Waals surface area contributed by atoms with E-state index in [1.807, 2.05) is 0 Å². The van der Waals surface area contributed by atoms with Crippen molar-refractivity contribution in [2.45, 2.75) is 30.3 Å². The maximum Gasteiger partial charge on any atom is 0.245 e. The zero-order chi connectivity index (χ0) is 15.0. The molecule has 2 heterocycles. The van der Waals surface area contributed by atoms with Crippen molar-refractivity contribution in [2.75, 3.05) is 0 Å². The molecule has 0 amide bonds. The number of hydrogen-bond acceptors (Lipinski definition) is 4. The number of fused-ring (bicyclic) bond motifs is 1. The smallest absolute Gasteiger partial charge is 0.245 e. The van der Waals surface area contributed by atoms with Gasteiger partial charge in [-0.2, -0.15) is 5.10 Å². The van der Waals surface area contributed by atoms with Gasteiger partial charge in [-0.05, 0) is 40.9 Å². The molecule has 112 valence electrons. The van der Waals surface area contributed by atoms with E-state index < -0.39 is 21.9 Å². The average Bonchev–Trinajstić information content (AvgIpc) is 2.87. The molecule has 3 rings (SSSR count). The van der Waals surface area contributed by atoms with Crippen LogP contribution in [0.2, 0.25) is 0 Å². The second-order valence-corrected chi connectivity index (χ2v) is 7.21. The van der Waals surface area contributed by atoms with E-state index in [0.717, 1.165) is 12.5 Å². The van der Waals surface area contributed by atoms with E-state index in [1.165, 1.54) is 18.5 Å². The third-order valence-electron chi connectivity index (χ3n) is 3.30. The fourth-order valence-electron chi connectivity index (χ4n) is 2.39. The molecule has 6 nitrogen and oxygen atoms in total. The molecule has 0 radical (unpaired) electrons. The molecule has 0 saturated carbocycles. The molecule has 0 spiro atoms. The maximum atomic E-state index is 13.9. The highest BCUT2D eigenvalue weighted by molar-refractivity contribution is 9.10. The van der Waals surface area contributed by atoms with Crippen molar-refractivity contribution in [3.8, 4) is 0 Å². The lowest BCUT2D eigenvalue weighted by atomic mass is 10.1. The summed E-state index contributed by atoms with van der Waals surface area (Å²) in [5, 5.41) is 4.03. The zero-order valence-corrected chi connectivity index (χ0v) is 13.2. The van der Waals surface area contributed by atoms with E-state index in [-0.39, 0.29) is 9.37 Å². The van der Waals surface area contributed by atoms with Crippen molar-refractivity contribution in [2.24, 2.45) is 0 Å². The Morgan fingerprint density at radius 3 is 3.00 bits per heavy atom. The maximum absolute atomic E-state index is 13.9. The molecule has 0 fully saturated rings. The van der Waals surface area contributed by atoms with E-state index >= 15 is 0 Å². The SMILES string of the molecule is O=S(=O)(NC1CCCn2ncnc21)c1c(F)cccc1Br. The van der Waals surface area contributed by atoms with Crippen LogP contribution >= 0.6 is 15.9 Å². The van der Waals surface area contributed by atoms with Crippen LogP contribution in [0.15, 0.2) is 33.9 Å². The molecular weight excluding hydrogens is 363 g/mol. The first kappa shape index (κ1) is 14.6. The van der Waals surface area contributed by atoms with E-state index in [0.29, 0.717) is 18.8 Å². The highest BCUT2D eigenvalue weighted by atomic mass is 79.9. The molecule has 1 aliphatic rings. The molecular formula is C12H12BrFN4O2S. The second-order valence-electron chi connectivity index (χ2n) is 4.71. The molecule has 21 heavy (non-hydrogen) atoms. The highest BCUT2D eigenvalue weighted by Gasteiger charge is 2.30. The van der Waals surface area contributed by atoms with Crippen molar-refractivity contribution >= 4 is 26.0 Å². The number of aromatic nitrogens is 3. The molecule has 0 bridgehead atoms. The molecule has 1 aromatic heterocycles. The van der Waals surface area contributed by atoms with Crippen molar-refractivity contribution in [1.29, 1.82) is 0 Å². The van der Waals surface area contributed by atoms with Gasteiger partial charge in [0.05, 0.1) is 6.04 Å². The molecule has 1 unspecified atom stereocenters. The van der Waals surface area contributed by atoms with Gasteiger partial charge in [-0.25, -0.2) is 27.2 Å². The summed E-state index contributed by atoms with van der Waals surface area (Å²) in [6, 6.07) is 3.54. The minimum Gasteiger partial charge on any atom is -0.248 e. The van der Waals surface area contributed by atoms with E-state index in [9.17, 15) is 12.8 Å². The number of halogens is 2. The predicted molar refractivity (Wildman–Crippen MR) is 76.4 cm³/mol. The van der Waals surface area contributed by atoms with Crippen LogP contribution in [-0.2, 0) is 16.6 Å². The Hall–Kier alpha value is -1.32. The first-order valence-corrected chi connectivity index (χ1v) is 8.61. The van der Waals surface area contributed by atoms with Gasteiger partial charge >= 0.3 is 0 Å². The van der Waals surface area contributed by atoms with E-state index in [2.05, 4.69) is 30.7 Å². The molecule has 0 saturated heterocycles. The van der Waals surface area contributed by atoms with Gasteiger partial charge in [-0.15, -0.1) is 0 Å². The number of nitrogens with one attached hydrogen (secondary N) is 1. The van der Waals surface area contributed by atoms with Crippen LogP contribution in [0.4, 0.5) is 4.39 Å². The van der Waals surface area contributed by atoms with Crippen LogP contribution in [0, 0.1) is 5.82 Å². The second kappa shape index (κ2) is 5.47. The largest absolute Gasteiger partial charge is 0.248 e. The topological polar surface area (TPSA) is 76.9 Å². The monoisotopic (exact) mass is 374 g/mol. The third kappa shape index (κ3) is 2.72. The molecule has 1 aliphatic heterocycles. The Morgan fingerprint density at radius 2 is 2.24 bits per heavy atom. The lowest BCUT2D eigenvalue weighted by Gasteiger charge is -2.23. The summed E-state index contributed by atoms with van der Waals surface area (Å²) in [6.45, 7) is 0.705. The van der Waals surface area contributed by atoms with Gasteiger partial charge in [0.2, 0.25) is 10.0 Å². The summed E-state index contributed by atoms with van der Waals surface area (Å²) in [5.74, 6) is -0.244. The molecule has 9 heteroatoms. The van der Waals surface area contributed by atoms with Gasteiger partial charge in [0.15, 0.2) is 0 Å². The fraction of sp³-hybridized carbons (Fsp3) is 0.333. The lowest BCUT2D eigenvalue weighted by Crippen LogP contribution is -2.34. The molecule has 0 aliphatic carbocycles. The van der Waals surface area contributed by atoms with Crippen LogP contribution in [-0.4, -0.2) is 23.2 Å². The summed E-state index contributed by atoms with van der Waals surface area (Å²) >= 11 is 3.08. The predicted octanol–water partition coefficient (Wildman–Crippen LogP) is 1.99. The summed E-state index contributed by atoms with van der Waals surface area (Å²) in [7, 11) is -3.99. The quantitative estimate of drug-likeness (QED) is 0.890. The van der Waals surface area contributed by atoms with E-state index in [4.69, 9.17) is 0 Å². The Morgan fingerprint density at radius 1 is 1.43 bits per heavy atom. The third-order valence-corrected chi connectivity index (χ3v) is 5.78. The molecule has 1 aromatic carbocycles. The summed E-state index contributed by atoms with van der Waals surface area (Å²) in [4.78, 5) is 3.69. The first-order valence-electron chi connectivity index (χ1n) is 6.33. The van der Waals surface area contributed by atoms with Gasteiger partial charge in [0, 0.05) is 11.0 Å².